The van der Waals surface area contributed by atoms with Crippen LogP contribution in [-0.4, -0.2) is 35.3 Å². The Bertz CT molecular complexity index is 1730. The third-order valence-corrected chi connectivity index (χ3v) is 9.53. The van der Waals surface area contributed by atoms with E-state index in [2.05, 4.69) is 4.98 Å². The predicted octanol–water partition coefficient (Wildman–Crippen LogP) is 5.27. The van der Waals surface area contributed by atoms with E-state index in [1.54, 1.807) is 49.4 Å². The third-order valence-electron chi connectivity index (χ3n) is 6.07. The summed E-state index contributed by atoms with van der Waals surface area (Å²) in [4.78, 5) is 32.0. The van der Waals surface area contributed by atoms with Crippen LogP contribution in [0.2, 0.25) is 5.02 Å². The van der Waals surface area contributed by atoms with Crippen molar-refractivity contribution in [3.05, 3.63) is 106 Å². The number of anilines is 1. The van der Waals surface area contributed by atoms with Gasteiger partial charge in [-0.05, 0) is 60.5 Å². The number of rotatable bonds is 5. The molecule has 4 aromatic rings. The van der Waals surface area contributed by atoms with Crippen LogP contribution in [0.4, 0.5) is 5.13 Å². The summed E-state index contributed by atoms with van der Waals surface area (Å²) in [6.45, 7) is 1.64. The standard InChI is InChI=1S/C27H19ClN2O6S2/c1-15-12-18(31)10-11-20(15)24(32)22-23(16-6-5-7-17(28)13-16)30(26(34)25(22)33)27-29-14-21(37-27)38(35,36)19-8-3-2-4-9-19/h2-14,23,31-32H,1H3/b24-22-. The number of phenols is 1. The lowest BCUT2D eigenvalue weighted by molar-refractivity contribution is -0.132. The van der Waals surface area contributed by atoms with E-state index in [4.69, 9.17) is 11.6 Å². The summed E-state index contributed by atoms with van der Waals surface area (Å²) in [5.41, 5.74) is 0.925. The average molecular weight is 567 g/mol. The third kappa shape index (κ3) is 4.36. The van der Waals surface area contributed by atoms with Gasteiger partial charge in [0.05, 0.1) is 22.7 Å². The van der Waals surface area contributed by atoms with Crippen molar-refractivity contribution in [2.24, 2.45) is 0 Å². The van der Waals surface area contributed by atoms with Gasteiger partial charge in [0, 0.05) is 10.6 Å². The van der Waals surface area contributed by atoms with Gasteiger partial charge >= 0.3 is 5.91 Å². The maximum absolute atomic E-state index is 13.4. The molecule has 0 aliphatic carbocycles. The molecule has 3 aromatic carbocycles. The van der Waals surface area contributed by atoms with Crippen LogP contribution < -0.4 is 4.90 Å². The molecule has 8 nitrogen and oxygen atoms in total. The number of sulfone groups is 1. The number of aliphatic hydroxyl groups excluding tert-OH is 1. The summed E-state index contributed by atoms with van der Waals surface area (Å²) < 4.78 is 26.2. The van der Waals surface area contributed by atoms with Crippen LogP contribution >= 0.6 is 22.9 Å². The number of aryl methyl sites for hydroxylation is 1. The van der Waals surface area contributed by atoms with Crippen LogP contribution in [0.5, 0.6) is 5.75 Å². The monoisotopic (exact) mass is 566 g/mol. The minimum absolute atomic E-state index is 0.0270. The Morgan fingerprint density at radius 2 is 1.76 bits per heavy atom. The fraction of sp³-hybridized carbons (Fsp3) is 0.0741. The van der Waals surface area contributed by atoms with Gasteiger partial charge in [0.15, 0.2) is 5.13 Å². The van der Waals surface area contributed by atoms with Crippen LogP contribution in [0.1, 0.15) is 22.7 Å². The molecule has 1 aromatic heterocycles. The van der Waals surface area contributed by atoms with Gasteiger partial charge < -0.3 is 10.2 Å². The second-order valence-electron chi connectivity index (χ2n) is 8.50. The molecule has 1 atom stereocenters. The van der Waals surface area contributed by atoms with E-state index >= 15 is 0 Å². The second-order valence-corrected chi connectivity index (χ2v) is 12.1. The number of aliphatic hydroxyl groups is 1. The number of carbonyl (C=O) groups is 2. The minimum atomic E-state index is -3.92. The number of halogens is 1. The van der Waals surface area contributed by atoms with Crippen LogP contribution in [0.3, 0.4) is 0 Å². The van der Waals surface area contributed by atoms with Crippen molar-refractivity contribution in [1.29, 1.82) is 0 Å². The summed E-state index contributed by atoms with van der Waals surface area (Å²) in [6.07, 6.45) is 1.14. The lowest BCUT2D eigenvalue weighted by Crippen LogP contribution is -2.29. The normalized spacial score (nSPS) is 17.2. The van der Waals surface area contributed by atoms with Crippen LogP contribution in [0, 0.1) is 6.92 Å². The molecule has 1 unspecified atom stereocenters. The van der Waals surface area contributed by atoms with Gasteiger partial charge in [-0.15, -0.1) is 0 Å². The quantitative estimate of drug-likeness (QED) is 0.191. The van der Waals surface area contributed by atoms with Crippen molar-refractivity contribution >= 4 is 55.4 Å². The van der Waals surface area contributed by atoms with E-state index in [9.17, 15) is 28.2 Å². The predicted molar refractivity (Wildman–Crippen MR) is 143 cm³/mol. The van der Waals surface area contributed by atoms with E-state index in [-0.39, 0.29) is 31.1 Å². The molecule has 1 fully saturated rings. The molecule has 1 aliphatic rings. The summed E-state index contributed by atoms with van der Waals surface area (Å²) in [6, 6.07) is 17.3. The zero-order valence-corrected chi connectivity index (χ0v) is 22.1. The van der Waals surface area contributed by atoms with Crippen LogP contribution in [-0.2, 0) is 19.4 Å². The van der Waals surface area contributed by atoms with E-state index < -0.39 is 33.3 Å². The Kier molecular flexibility index (Phi) is 6.56. The topological polar surface area (TPSA) is 125 Å². The zero-order valence-electron chi connectivity index (χ0n) is 19.7. The maximum Gasteiger partial charge on any atom is 0.301 e. The summed E-state index contributed by atoms with van der Waals surface area (Å²) in [5, 5.41) is 21.4. The number of benzene rings is 3. The number of aromatic hydroxyl groups is 1. The van der Waals surface area contributed by atoms with E-state index in [0.29, 0.717) is 16.1 Å². The summed E-state index contributed by atoms with van der Waals surface area (Å²) >= 11 is 6.96. The Morgan fingerprint density at radius 3 is 2.45 bits per heavy atom. The first-order valence-corrected chi connectivity index (χ1v) is 13.9. The number of phenolic OH excluding ortho intramolecular Hbond substituents is 1. The number of thiazole rings is 1. The molecule has 0 radical (unpaired) electrons. The van der Waals surface area contributed by atoms with Gasteiger partial charge in [0.1, 0.15) is 15.7 Å². The Labute approximate surface area is 227 Å². The molecule has 0 spiro atoms. The number of Topliss-reactive ketones (excluding diaryl/α,β-unsaturated/α-hetero) is 1. The fourth-order valence-electron chi connectivity index (χ4n) is 4.28. The van der Waals surface area contributed by atoms with Crippen LogP contribution in [0.15, 0.2) is 93.7 Å². The van der Waals surface area contributed by atoms with E-state index in [0.717, 1.165) is 22.4 Å². The molecule has 1 saturated heterocycles. The van der Waals surface area contributed by atoms with Crippen molar-refractivity contribution < 1.29 is 28.2 Å². The SMILES string of the molecule is Cc1cc(O)ccc1/C(O)=C1/C(=O)C(=O)N(c2ncc(S(=O)(=O)c3ccccc3)s2)C1c1cccc(Cl)c1. The maximum atomic E-state index is 13.4. The Morgan fingerprint density at radius 1 is 1.03 bits per heavy atom. The minimum Gasteiger partial charge on any atom is -0.508 e. The van der Waals surface area contributed by atoms with Crippen molar-refractivity contribution in [2.75, 3.05) is 4.90 Å². The summed E-state index contributed by atoms with van der Waals surface area (Å²) in [5.74, 6) is -2.42. The number of carbonyl (C=O) groups excluding carboxylic acids is 2. The lowest BCUT2D eigenvalue weighted by atomic mass is 9.94. The first-order chi connectivity index (χ1) is 18.1. The summed E-state index contributed by atoms with van der Waals surface area (Å²) in [7, 11) is -3.92. The van der Waals surface area contributed by atoms with Crippen molar-refractivity contribution in [3.8, 4) is 5.75 Å². The van der Waals surface area contributed by atoms with E-state index in [1.807, 2.05) is 0 Å². The number of hydrogen-bond acceptors (Lipinski definition) is 8. The molecule has 2 heterocycles. The molecule has 2 N–H and O–H groups in total. The Hall–Kier alpha value is -3.99. The molecule has 192 valence electrons. The molecule has 5 rings (SSSR count). The van der Waals surface area contributed by atoms with Gasteiger partial charge in [-0.25, -0.2) is 13.4 Å². The average Bonchev–Trinajstić information content (AvgIpc) is 3.48. The highest BCUT2D eigenvalue weighted by molar-refractivity contribution is 7.93. The van der Waals surface area contributed by atoms with Gasteiger partial charge in [0.25, 0.3) is 5.78 Å². The molecule has 0 saturated carbocycles. The van der Waals surface area contributed by atoms with E-state index in [1.165, 1.54) is 30.3 Å². The highest BCUT2D eigenvalue weighted by Crippen LogP contribution is 2.45. The van der Waals surface area contributed by atoms with Crippen molar-refractivity contribution in [1.82, 2.24) is 4.98 Å². The Balaban J connectivity index is 1.69. The molecule has 1 amide bonds. The highest BCUT2D eigenvalue weighted by Gasteiger charge is 2.48. The largest absolute Gasteiger partial charge is 0.508 e. The second kappa shape index (κ2) is 9.71. The lowest BCUT2D eigenvalue weighted by Gasteiger charge is -2.23. The zero-order chi connectivity index (χ0) is 27.2. The van der Waals surface area contributed by atoms with Crippen molar-refractivity contribution in [3.63, 3.8) is 0 Å². The van der Waals surface area contributed by atoms with Gasteiger partial charge in [-0.1, -0.05) is 53.3 Å². The molecule has 11 heteroatoms. The number of nitrogens with zero attached hydrogens (tertiary/aromatic N) is 2. The fourth-order valence-corrected chi connectivity index (χ4v) is 7.05. The highest BCUT2D eigenvalue weighted by atomic mass is 35.5. The molecule has 1 aliphatic heterocycles. The first-order valence-electron chi connectivity index (χ1n) is 11.2. The van der Waals surface area contributed by atoms with Crippen molar-refractivity contribution in [2.45, 2.75) is 22.1 Å². The molecule has 38 heavy (non-hydrogen) atoms. The number of amides is 1. The number of aromatic nitrogens is 1. The molecule has 0 bridgehead atoms. The van der Waals surface area contributed by atoms with Gasteiger partial charge in [-0.2, -0.15) is 0 Å². The first kappa shape index (κ1) is 25.7. The number of ketones is 1. The number of hydrogen-bond donors (Lipinski definition) is 2. The molecular formula is C27H19ClN2O6S2. The van der Waals surface area contributed by atoms with Gasteiger partial charge in [-0.3, -0.25) is 14.5 Å². The smallest absolute Gasteiger partial charge is 0.301 e. The molecular weight excluding hydrogens is 548 g/mol. The van der Waals surface area contributed by atoms with Gasteiger partial charge in [0.2, 0.25) is 9.84 Å². The van der Waals surface area contributed by atoms with Crippen LogP contribution in [0.25, 0.3) is 5.76 Å².